The lowest BCUT2D eigenvalue weighted by atomic mass is 10.2. The van der Waals surface area contributed by atoms with Crippen molar-refractivity contribution in [3.8, 4) is 11.5 Å². The Hall–Kier alpha value is -1.55. The van der Waals surface area contributed by atoms with E-state index in [-0.39, 0.29) is 29.5 Å². The standard InChI is InChI=1S/C18H25ClN2O6S/c1-12-10-21(11-13(2)27-12)28(23,24)7-4-20-18(22)14-8-15(19)17-16(9-14)25-5-3-6-26-17/h8-9,12-13H,3-7,10-11H2,1-2H3,(H,20,22). The van der Waals surface area contributed by atoms with Crippen molar-refractivity contribution in [2.75, 3.05) is 38.6 Å². The lowest BCUT2D eigenvalue weighted by Gasteiger charge is -2.34. The molecule has 0 aromatic heterocycles. The first-order chi connectivity index (χ1) is 13.3. The van der Waals surface area contributed by atoms with Gasteiger partial charge in [0.05, 0.1) is 36.2 Å². The molecule has 0 radical (unpaired) electrons. The van der Waals surface area contributed by atoms with E-state index in [4.69, 9.17) is 25.8 Å². The van der Waals surface area contributed by atoms with Crippen LogP contribution >= 0.6 is 11.6 Å². The molecule has 1 aromatic carbocycles. The Morgan fingerprint density at radius 3 is 2.61 bits per heavy atom. The number of sulfonamides is 1. The second-order valence-corrected chi connectivity index (χ2v) is 9.48. The second kappa shape index (κ2) is 8.86. The van der Waals surface area contributed by atoms with E-state index in [1.807, 2.05) is 13.8 Å². The number of nitrogens with one attached hydrogen (secondary N) is 1. The Morgan fingerprint density at radius 1 is 1.21 bits per heavy atom. The zero-order valence-corrected chi connectivity index (χ0v) is 17.5. The van der Waals surface area contributed by atoms with Crippen LogP contribution in [0.3, 0.4) is 0 Å². The maximum atomic E-state index is 12.5. The average molecular weight is 433 g/mol. The quantitative estimate of drug-likeness (QED) is 0.760. The second-order valence-electron chi connectivity index (χ2n) is 6.98. The van der Waals surface area contributed by atoms with Crippen LogP contribution in [0.25, 0.3) is 0 Å². The average Bonchev–Trinajstić information content (AvgIpc) is 2.86. The number of rotatable bonds is 5. The summed E-state index contributed by atoms with van der Waals surface area (Å²) >= 11 is 6.20. The summed E-state index contributed by atoms with van der Waals surface area (Å²) in [5.41, 5.74) is 0.292. The molecule has 0 saturated carbocycles. The van der Waals surface area contributed by atoms with Gasteiger partial charge in [-0.3, -0.25) is 4.79 Å². The molecule has 3 rings (SSSR count). The third-order valence-corrected chi connectivity index (χ3v) is 6.58. The van der Waals surface area contributed by atoms with Crippen molar-refractivity contribution in [1.29, 1.82) is 0 Å². The molecule has 0 aliphatic carbocycles. The largest absolute Gasteiger partial charge is 0.489 e. The van der Waals surface area contributed by atoms with Crippen LogP contribution < -0.4 is 14.8 Å². The van der Waals surface area contributed by atoms with Gasteiger partial charge in [0.2, 0.25) is 10.0 Å². The summed E-state index contributed by atoms with van der Waals surface area (Å²) in [6.07, 6.45) is 0.414. The first-order valence-electron chi connectivity index (χ1n) is 9.27. The fraction of sp³-hybridized carbons (Fsp3) is 0.611. The van der Waals surface area contributed by atoms with Crippen LogP contribution in [0.1, 0.15) is 30.6 Å². The Labute approximate surface area is 170 Å². The Kier molecular flexibility index (Phi) is 6.69. The smallest absolute Gasteiger partial charge is 0.251 e. The first-order valence-corrected chi connectivity index (χ1v) is 11.3. The molecule has 0 spiro atoms. The number of amides is 1. The van der Waals surface area contributed by atoms with Crippen LogP contribution in [0.4, 0.5) is 0 Å². The van der Waals surface area contributed by atoms with Crippen LogP contribution in [0.15, 0.2) is 12.1 Å². The number of morpholine rings is 1. The Balaban J connectivity index is 1.60. The highest BCUT2D eigenvalue weighted by Gasteiger charge is 2.30. The van der Waals surface area contributed by atoms with Crippen LogP contribution in [0.5, 0.6) is 11.5 Å². The molecule has 8 nitrogen and oxygen atoms in total. The van der Waals surface area contributed by atoms with E-state index in [2.05, 4.69) is 5.32 Å². The van der Waals surface area contributed by atoms with Crippen LogP contribution in [-0.2, 0) is 14.8 Å². The molecule has 2 unspecified atom stereocenters. The van der Waals surface area contributed by atoms with Crippen molar-refractivity contribution in [3.05, 3.63) is 22.7 Å². The highest BCUT2D eigenvalue weighted by Crippen LogP contribution is 2.37. The third-order valence-electron chi connectivity index (χ3n) is 4.49. The van der Waals surface area contributed by atoms with Gasteiger partial charge in [-0.05, 0) is 26.0 Å². The molecule has 2 aliphatic rings. The van der Waals surface area contributed by atoms with Crippen LogP contribution in [0.2, 0.25) is 5.02 Å². The van der Waals surface area contributed by atoms with E-state index >= 15 is 0 Å². The molecular formula is C18H25ClN2O6S. The van der Waals surface area contributed by atoms with Crippen molar-refractivity contribution < 1.29 is 27.4 Å². The van der Waals surface area contributed by atoms with E-state index < -0.39 is 15.9 Å². The van der Waals surface area contributed by atoms with E-state index in [1.165, 1.54) is 10.4 Å². The van der Waals surface area contributed by atoms with Gasteiger partial charge in [-0.1, -0.05) is 11.6 Å². The van der Waals surface area contributed by atoms with Crippen molar-refractivity contribution in [2.24, 2.45) is 0 Å². The molecule has 0 bridgehead atoms. The van der Waals surface area contributed by atoms with Crippen LogP contribution in [-0.4, -0.2) is 69.4 Å². The van der Waals surface area contributed by atoms with Crippen molar-refractivity contribution in [2.45, 2.75) is 32.5 Å². The predicted octanol–water partition coefficient (Wildman–Crippen LogP) is 1.67. The van der Waals surface area contributed by atoms with Crippen LogP contribution in [0, 0.1) is 0 Å². The maximum absolute atomic E-state index is 12.5. The summed E-state index contributed by atoms with van der Waals surface area (Å²) in [4.78, 5) is 12.4. The molecule has 10 heteroatoms. The molecule has 1 aromatic rings. The minimum atomic E-state index is -3.49. The van der Waals surface area contributed by atoms with Gasteiger partial charge in [0.15, 0.2) is 11.5 Å². The SMILES string of the molecule is CC1CN(S(=O)(=O)CCNC(=O)c2cc(Cl)c3c(c2)OCCCO3)CC(C)O1. The maximum Gasteiger partial charge on any atom is 0.251 e. The van der Waals surface area contributed by atoms with E-state index in [9.17, 15) is 13.2 Å². The number of ether oxygens (including phenoxy) is 3. The number of nitrogens with zero attached hydrogens (tertiary/aromatic N) is 1. The molecule has 2 heterocycles. The summed E-state index contributed by atoms with van der Waals surface area (Å²) in [6, 6.07) is 3.05. The number of benzene rings is 1. The van der Waals surface area contributed by atoms with Gasteiger partial charge in [0.1, 0.15) is 0 Å². The summed E-state index contributed by atoms with van der Waals surface area (Å²) in [6.45, 7) is 5.28. The van der Waals surface area contributed by atoms with Crippen molar-refractivity contribution >= 4 is 27.5 Å². The summed E-state index contributed by atoms with van der Waals surface area (Å²) in [5, 5.41) is 2.92. The van der Waals surface area contributed by atoms with Gasteiger partial charge in [0, 0.05) is 31.6 Å². The molecule has 2 atom stereocenters. The number of halogens is 1. The van der Waals surface area contributed by atoms with Gasteiger partial charge in [-0.2, -0.15) is 4.31 Å². The topological polar surface area (TPSA) is 94.2 Å². The fourth-order valence-electron chi connectivity index (χ4n) is 3.24. The minimum absolute atomic E-state index is 0.00660. The summed E-state index contributed by atoms with van der Waals surface area (Å²) in [5.74, 6) is 0.237. The zero-order valence-electron chi connectivity index (χ0n) is 15.9. The monoisotopic (exact) mass is 432 g/mol. The molecule has 1 saturated heterocycles. The van der Waals surface area contributed by atoms with Gasteiger partial charge < -0.3 is 19.5 Å². The van der Waals surface area contributed by atoms with Gasteiger partial charge in [-0.25, -0.2) is 8.42 Å². The molecule has 1 fully saturated rings. The Bertz CT molecular complexity index is 822. The van der Waals surface area contributed by atoms with Crippen molar-refractivity contribution in [1.82, 2.24) is 9.62 Å². The molecule has 2 aliphatic heterocycles. The van der Waals surface area contributed by atoms with E-state index in [0.29, 0.717) is 43.4 Å². The summed E-state index contributed by atoms with van der Waals surface area (Å²) < 4.78 is 43.2. The number of carbonyl (C=O) groups excluding carboxylic acids is 1. The number of carbonyl (C=O) groups is 1. The zero-order chi connectivity index (χ0) is 20.3. The lowest BCUT2D eigenvalue weighted by Crippen LogP contribution is -2.49. The third kappa shape index (κ3) is 5.08. The minimum Gasteiger partial charge on any atom is -0.489 e. The molecule has 1 amide bonds. The van der Waals surface area contributed by atoms with Gasteiger partial charge in [-0.15, -0.1) is 0 Å². The van der Waals surface area contributed by atoms with E-state index in [0.717, 1.165) is 6.42 Å². The predicted molar refractivity (Wildman–Crippen MR) is 105 cm³/mol. The first kappa shape index (κ1) is 21.2. The highest BCUT2D eigenvalue weighted by molar-refractivity contribution is 7.89. The number of hydrogen-bond acceptors (Lipinski definition) is 6. The van der Waals surface area contributed by atoms with Gasteiger partial charge in [0.25, 0.3) is 5.91 Å². The Morgan fingerprint density at radius 2 is 1.89 bits per heavy atom. The molecule has 156 valence electrons. The number of hydrogen-bond donors (Lipinski definition) is 1. The normalized spacial score (nSPS) is 23.1. The van der Waals surface area contributed by atoms with Gasteiger partial charge >= 0.3 is 0 Å². The molecule has 1 N–H and O–H groups in total. The number of fused-ring (bicyclic) bond motifs is 1. The van der Waals surface area contributed by atoms with Crippen molar-refractivity contribution in [3.63, 3.8) is 0 Å². The van der Waals surface area contributed by atoms with E-state index in [1.54, 1.807) is 6.07 Å². The fourth-order valence-corrected chi connectivity index (χ4v) is 5.00. The molecule has 28 heavy (non-hydrogen) atoms. The summed E-state index contributed by atoms with van der Waals surface area (Å²) in [7, 11) is -3.49. The molecular weight excluding hydrogens is 408 g/mol. The highest BCUT2D eigenvalue weighted by atomic mass is 35.5. The lowest BCUT2D eigenvalue weighted by molar-refractivity contribution is -0.0440.